The summed E-state index contributed by atoms with van der Waals surface area (Å²) in [4.78, 5) is 21.7. The third kappa shape index (κ3) is 2.04. The Labute approximate surface area is 99.0 Å². The molecule has 0 saturated carbocycles. The van der Waals surface area contributed by atoms with Crippen molar-refractivity contribution in [3.05, 3.63) is 42.0 Å². The van der Waals surface area contributed by atoms with Crippen molar-refractivity contribution in [1.82, 2.24) is 0 Å². The number of hydrogen-bond acceptors (Lipinski definition) is 3. The van der Waals surface area contributed by atoms with Crippen molar-refractivity contribution >= 4 is 23.3 Å². The van der Waals surface area contributed by atoms with Gasteiger partial charge >= 0.3 is 0 Å². The van der Waals surface area contributed by atoms with Gasteiger partial charge in [0.1, 0.15) is 18.3 Å². The first-order valence-corrected chi connectivity index (χ1v) is 5.27. The molecule has 0 N–H and O–H groups in total. The highest BCUT2D eigenvalue weighted by atomic mass is 16.5. The van der Waals surface area contributed by atoms with Gasteiger partial charge in [-0.1, -0.05) is 24.3 Å². The van der Waals surface area contributed by atoms with Gasteiger partial charge in [0.05, 0.1) is 13.0 Å². The zero-order valence-corrected chi connectivity index (χ0v) is 9.42. The molecule has 0 aliphatic heterocycles. The Bertz CT molecular complexity index is 552. The summed E-state index contributed by atoms with van der Waals surface area (Å²) in [6.45, 7) is 0. The van der Waals surface area contributed by atoms with E-state index in [0.29, 0.717) is 12.6 Å². The minimum Gasteiger partial charge on any atom is -0.497 e. The van der Waals surface area contributed by atoms with Crippen LogP contribution in [-0.2, 0) is 9.59 Å². The van der Waals surface area contributed by atoms with Crippen LogP contribution in [0.5, 0.6) is 5.75 Å². The minimum atomic E-state index is -0.702. The van der Waals surface area contributed by atoms with Crippen molar-refractivity contribution in [2.45, 2.75) is 5.92 Å². The molecule has 0 radical (unpaired) electrons. The van der Waals surface area contributed by atoms with Gasteiger partial charge in [-0.25, -0.2) is 0 Å². The van der Waals surface area contributed by atoms with Crippen LogP contribution in [0.25, 0.3) is 10.8 Å². The predicted octanol–water partition coefficient (Wildman–Crippen LogP) is 2.33. The number of fused-ring (bicyclic) bond motifs is 1. The predicted molar refractivity (Wildman–Crippen MR) is 65.4 cm³/mol. The molecule has 0 saturated heterocycles. The third-order valence-corrected chi connectivity index (χ3v) is 2.77. The molecule has 0 aliphatic carbocycles. The zero-order valence-electron chi connectivity index (χ0n) is 9.42. The van der Waals surface area contributed by atoms with Crippen LogP contribution in [0.15, 0.2) is 36.4 Å². The fourth-order valence-corrected chi connectivity index (χ4v) is 1.88. The van der Waals surface area contributed by atoms with Crippen molar-refractivity contribution in [2.24, 2.45) is 0 Å². The molecule has 2 rings (SSSR count). The molecule has 2 aromatic rings. The summed E-state index contributed by atoms with van der Waals surface area (Å²) in [5.41, 5.74) is 0.732. The van der Waals surface area contributed by atoms with Crippen molar-refractivity contribution in [3.8, 4) is 5.75 Å². The molecule has 0 fully saturated rings. The molecule has 0 unspecified atom stereocenters. The summed E-state index contributed by atoms with van der Waals surface area (Å²) in [6.07, 6.45) is 1.32. The highest BCUT2D eigenvalue weighted by Crippen LogP contribution is 2.27. The molecule has 17 heavy (non-hydrogen) atoms. The Balaban J connectivity index is 2.65. The van der Waals surface area contributed by atoms with Gasteiger partial charge in [0.15, 0.2) is 0 Å². The topological polar surface area (TPSA) is 43.4 Å². The Morgan fingerprint density at radius 3 is 2.53 bits per heavy atom. The van der Waals surface area contributed by atoms with E-state index >= 15 is 0 Å². The summed E-state index contributed by atoms with van der Waals surface area (Å²) >= 11 is 0. The minimum absolute atomic E-state index is 0.659. The smallest absolute Gasteiger partial charge is 0.134 e. The third-order valence-electron chi connectivity index (χ3n) is 2.77. The van der Waals surface area contributed by atoms with E-state index in [1.165, 1.54) is 0 Å². The molecule has 2 aromatic carbocycles. The summed E-state index contributed by atoms with van der Waals surface area (Å²) in [5, 5.41) is 1.85. The van der Waals surface area contributed by atoms with Gasteiger partial charge in [0.2, 0.25) is 0 Å². The first-order valence-electron chi connectivity index (χ1n) is 5.27. The maximum absolute atomic E-state index is 10.8. The van der Waals surface area contributed by atoms with Gasteiger partial charge in [0, 0.05) is 0 Å². The summed E-state index contributed by atoms with van der Waals surface area (Å²) < 4.78 is 5.14. The van der Waals surface area contributed by atoms with Gasteiger partial charge in [-0.15, -0.1) is 0 Å². The SMILES string of the molecule is COc1ccc2c(C(C=O)C=O)cccc2c1. The molecule has 0 bridgehead atoms. The van der Waals surface area contributed by atoms with Crippen molar-refractivity contribution in [1.29, 1.82) is 0 Å². The maximum Gasteiger partial charge on any atom is 0.134 e. The van der Waals surface area contributed by atoms with Crippen molar-refractivity contribution in [2.75, 3.05) is 7.11 Å². The summed E-state index contributed by atoms with van der Waals surface area (Å²) in [7, 11) is 1.60. The van der Waals surface area contributed by atoms with Gasteiger partial charge in [-0.05, 0) is 28.5 Å². The van der Waals surface area contributed by atoms with Crippen LogP contribution in [0.4, 0.5) is 0 Å². The lowest BCUT2D eigenvalue weighted by Gasteiger charge is -2.09. The number of benzene rings is 2. The molecule has 0 atom stereocenters. The molecular formula is C14H12O3. The fourth-order valence-electron chi connectivity index (χ4n) is 1.88. The lowest BCUT2D eigenvalue weighted by molar-refractivity contribution is -0.116. The first kappa shape index (κ1) is 11.3. The number of carbonyl (C=O) groups is 2. The van der Waals surface area contributed by atoms with Crippen molar-refractivity contribution in [3.63, 3.8) is 0 Å². The maximum atomic E-state index is 10.8. The summed E-state index contributed by atoms with van der Waals surface area (Å²) in [6, 6.07) is 11.1. The lowest BCUT2D eigenvalue weighted by Crippen LogP contribution is -2.02. The second-order valence-electron chi connectivity index (χ2n) is 3.73. The van der Waals surface area contributed by atoms with E-state index in [1.807, 2.05) is 30.3 Å². The Morgan fingerprint density at radius 2 is 1.88 bits per heavy atom. The van der Waals surface area contributed by atoms with Crippen LogP contribution >= 0.6 is 0 Å². The number of rotatable bonds is 4. The Morgan fingerprint density at radius 1 is 1.12 bits per heavy atom. The highest BCUT2D eigenvalue weighted by molar-refractivity contribution is 5.95. The monoisotopic (exact) mass is 228 g/mol. The van der Waals surface area contributed by atoms with Crippen LogP contribution in [0, 0.1) is 0 Å². The molecule has 3 nitrogen and oxygen atoms in total. The first-order chi connectivity index (χ1) is 8.30. The van der Waals surface area contributed by atoms with Crippen LogP contribution in [0.1, 0.15) is 11.5 Å². The number of hydrogen-bond donors (Lipinski definition) is 0. The average Bonchev–Trinajstić information content (AvgIpc) is 2.39. The fraction of sp³-hybridized carbons (Fsp3) is 0.143. The molecule has 0 amide bonds. The van der Waals surface area contributed by atoms with E-state index in [9.17, 15) is 9.59 Å². The van der Waals surface area contributed by atoms with Gasteiger partial charge in [0.25, 0.3) is 0 Å². The lowest BCUT2D eigenvalue weighted by atomic mass is 9.95. The number of carbonyl (C=O) groups excluding carboxylic acids is 2. The van der Waals surface area contributed by atoms with E-state index in [1.54, 1.807) is 13.2 Å². The van der Waals surface area contributed by atoms with Crippen LogP contribution in [0.2, 0.25) is 0 Å². The van der Waals surface area contributed by atoms with E-state index in [0.717, 1.165) is 22.1 Å². The standard InChI is InChI=1S/C14H12O3/c1-17-12-5-6-14-10(7-12)3-2-4-13(14)11(8-15)9-16/h2-9,11H,1H3. The van der Waals surface area contributed by atoms with Crippen LogP contribution in [-0.4, -0.2) is 19.7 Å². The molecular weight excluding hydrogens is 216 g/mol. The van der Waals surface area contributed by atoms with E-state index in [2.05, 4.69) is 0 Å². The number of aldehydes is 2. The quantitative estimate of drug-likeness (QED) is 0.596. The highest BCUT2D eigenvalue weighted by Gasteiger charge is 2.12. The molecule has 86 valence electrons. The van der Waals surface area contributed by atoms with Gasteiger partial charge in [-0.3, -0.25) is 0 Å². The second kappa shape index (κ2) is 4.78. The number of methoxy groups -OCH3 is 1. The van der Waals surface area contributed by atoms with Gasteiger partial charge in [-0.2, -0.15) is 0 Å². The van der Waals surface area contributed by atoms with Crippen LogP contribution < -0.4 is 4.74 Å². The molecule has 3 heteroatoms. The average molecular weight is 228 g/mol. The van der Waals surface area contributed by atoms with E-state index in [4.69, 9.17) is 4.74 Å². The Hall–Kier alpha value is -2.16. The molecule has 0 aliphatic rings. The Kier molecular flexibility index (Phi) is 3.19. The van der Waals surface area contributed by atoms with E-state index < -0.39 is 5.92 Å². The zero-order chi connectivity index (χ0) is 12.3. The molecule has 0 spiro atoms. The molecule has 0 aromatic heterocycles. The summed E-state index contributed by atoms with van der Waals surface area (Å²) in [5.74, 6) is 0.0514. The second-order valence-corrected chi connectivity index (χ2v) is 3.73. The number of ether oxygens (including phenoxy) is 1. The van der Waals surface area contributed by atoms with Crippen molar-refractivity contribution < 1.29 is 14.3 Å². The van der Waals surface area contributed by atoms with Crippen LogP contribution in [0.3, 0.4) is 0 Å². The van der Waals surface area contributed by atoms with E-state index in [-0.39, 0.29) is 0 Å². The normalized spacial score (nSPS) is 10.5. The largest absolute Gasteiger partial charge is 0.497 e. The molecule has 0 heterocycles. The van der Waals surface area contributed by atoms with Gasteiger partial charge < -0.3 is 14.3 Å².